The number of aromatic nitrogens is 2. The molecule has 0 aliphatic heterocycles. The second-order valence-electron chi connectivity index (χ2n) is 8.01. The molecule has 5 rings (SSSR count). The van der Waals surface area contributed by atoms with Gasteiger partial charge in [-0.15, -0.1) is 0 Å². The van der Waals surface area contributed by atoms with E-state index in [2.05, 4.69) is 9.97 Å². The molecule has 0 unspecified atom stereocenters. The Kier molecular flexibility index (Phi) is 6.49. The maximum atomic E-state index is 13.6. The number of anilines is 2. The molecule has 7 nitrogen and oxygen atoms in total. The van der Waals surface area contributed by atoms with E-state index in [0.717, 1.165) is 10.2 Å². The van der Waals surface area contributed by atoms with Crippen LogP contribution in [0.5, 0.6) is 0 Å². The lowest BCUT2D eigenvalue weighted by Crippen LogP contribution is -2.31. The van der Waals surface area contributed by atoms with Crippen molar-refractivity contribution in [1.82, 2.24) is 9.97 Å². The van der Waals surface area contributed by atoms with Crippen molar-refractivity contribution in [3.63, 3.8) is 0 Å². The third kappa shape index (κ3) is 4.71. The minimum absolute atomic E-state index is 0.0988. The van der Waals surface area contributed by atoms with E-state index in [1.807, 2.05) is 48.5 Å². The van der Waals surface area contributed by atoms with Crippen LogP contribution in [0.3, 0.4) is 0 Å². The third-order valence-corrected chi connectivity index (χ3v) is 8.54. The molecule has 9 heteroatoms. The van der Waals surface area contributed by atoms with Gasteiger partial charge in [0.15, 0.2) is 5.13 Å². The number of rotatable bonds is 7. The normalized spacial score (nSPS) is 11.4. The molecule has 0 N–H and O–H groups in total. The molecule has 180 valence electrons. The van der Waals surface area contributed by atoms with E-state index in [1.54, 1.807) is 35.4 Å². The highest BCUT2D eigenvalue weighted by Gasteiger charge is 2.25. The Hall–Kier alpha value is -4.08. The van der Waals surface area contributed by atoms with Gasteiger partial charge in [0.25, 0.3) is 15.9 Å². The second kappa shape index (κ2) is 9.88. The summed E-state index contributed by atoms with van der Waals surface area (Å²) < 4.78 is 28.4. The lowest BCUT2D eigenvalue weighted by Gasteiger charge is -2.21. The van der Waals surface area contributed by atoms with Crippen LogP contribution < -0.4 is 9.21 Å². The minimum atomic E-state index is -3.78. The van der Waals surface area contributed by atoms with Crippen LogP contribution in [-0.4, -0.2) is 31.3 Å². The maximum absolute atomic E-state index is 13.6. The van der Waals surface area contributed by atoms with Gasteiger partial charge in [-0.25, -0.2) is 13.4 Å². The van der Waals surface area contributed by atoms with Crippen LogP contribution in [-0.2, 0) is 16.6 Å². The van der Waals surface area contributed by atoms with Crippen molar-refractivity contribution >= 4 is 48.3 Å². The first-order valence-electron chi connectivity index (χ1n) is 11.1. The topological polar surface area (TPSA) is 83.5 Å². The molecule has 1 amide bonds. The molecular formula is C27H22N4O3S2. The highest BCUT2D eigenvalue weighted by atomic mass is 32.2. The lowest BCUT2D eigenvalue weighted by molar-refractivity contribution is 0.0984. The predicted molar refractivity (Wildman–Crippen MR) is 143 cm³/mol. The summed E-state index contributed by atoms with van der Waals surface area (Å²) in [6.45, 7) is 0.232. The predicted octanol–water partition coefficient (Wildman–Crippen LogP) is 5.36. The van der Waals surface area contributed by atoms with Crippen LogP contribution in [0.4, 0.5) is 10.8 Å². The molecular weight excluding hydrogens is 492 g/mol. The number of para-hydroxylation sites is 2. The van der Waals surface area contributed by atoms with Crippen molar-refractivity contribution in [3.05, 3.63) is 115 Å². The molecule has 2 heterocycles. The summed E-state index contributed by atoms with van der Waals surface area (Å²) in [5.74, 6) is -0.292. The van der Waals surface area contributed by atoms with E-state index in [0.29, 0.717) is 22.1 Å². The summed E-state index contributed by atoms with van der Waals surface area (Å²) in [5, 5.41) is 0.548. The highest BCUT2D eigenvalue weighted by Crippen LogP contribution is 2.31. The van der Waals surface area contributed by atoms with Gasteiger partial charge in [-0.2, -0.15) is 0 Å². The van der Waals surface area contributed by atoms with E-state index < -0.39 is 10.0 Å². The number of hydrogen-bond donors (Lipinski definition) is 0. The first kappa shape index (κ1) is 23.7. The van der Waals surface area contributed by atoms with Gasteiger partial charge < -0.3 is 0 Å². The number of pyridine rings is 1. The molecule has 3 aromatic carbocycles. The zero-order chi connectivity index (χ0) is 25.1. The number of nitrogens with zero attached hydrogens (tertiary/aromatic N) is 4. The van der Waals surface area contributed by atoms with Gasteiger partial charge in [-0.3, -0.25) is 19.0 Å². The zero-order valence-corrected chi connectivity index (χ0v) is 21.0. The number of carbonyl (C=O) groups excluding carboxylic acids is 1. The summed E-state index contributed by atoms with van der Waals surface area (Å²) in [6.07, 6.45) is 1.68. The Balaban J connectivity index is 1.46. The van der Waals surface area contributed by atoms with E-state index >= 15 is 0 Å². The average molecular weight is 515 g/mol. The van der Waals surface area contributed by atoms with Crippen LogP contribution in [0.1, 0.15) is 16.1 Å². The van der Waals surface area contributed by atoms with Crippen molar-refractivity contribution in [2.45, 2.75) is 11.4 Å². The van der Waals surface area contributed by atoms with Gasteiger partial charge in [0, 0.05) is 18.8 Å². The molecule has 0 aliphatic rings. The number of hydrogen-bond acceptors (Lipinski definition) is 6. The first-order chi connectivity index (χ1) is 17.4. The number of amides is 1. The summed E-state index contributed by atoms with van der Waals surface area (Å²) in [6, 6.07) is 28.1. The average Bonchev–Trinajstić information content (AvgIpc) is 3.36. The van der Waals surface area contributed by atoms with Gasteiger partial charge in [0.1, 0.15) is 0 Å². The summed E-state index contributed by atoms with van der Waals surface area (Å²) >= 11 is 1.42. The molecule has 0 radical (unpaired) electrons. The number of fused-ring (bicyclic) bond motifs is 1. The van der Waals surface area contributed by atoms with Crippen molar-refractivity contribution in [2.75, 3.05) is 16.3 Å². The molecule has 0 fully saturated rings. The summed E-state index contributed by atoms with van der Waals surface area (Å²) in [4.78, 5) is 24.4. The van der Waals surface area contributed by atoms with Gasteiger partial charge in [0.05, 0.1) is 33.0 Å². The van der Waals surface area contributed by atoms with Crippen LogP contribution >= 0.6 is 11.3 Å². The molecule has 36 heavy (non-hydrogen) atoms. The number of carbonyl (C=O) groups is 1. The van der Waals surface area contributed by atoms with E-state index in [9.17, 15) is 13.2 Å². The van der Waals surface area contributed by atoms with Crippen LogP contribution in [0.15, 0.2) is 108 Å². The summed E-state index contributed by atoms with van der Waals surface area (Å²) in [5.41, 5.74) is 2.43. The number of benzene rings is 3. The van der Waals surface area contributed by atoms with E-state index in [-0.39, 0.29) is 17.3 Å². The van der Waals surface area contributed by atoms with Crippen LogP contribution in [0, 0.1) is 0 Å². The highest BCUT2D eigenvalue weighted by molar-refractivity contribution is 7.92. The smallest absolute Gasteiger partial charge is 0.264 e. The Morgan fingerprint density at radius 3 is 2.25 bits per heavy atom. The lowest BCUT2D eigenvalue weighted by atomic mass is 10.2. The maximum Gasteiger partial charge on any atom is 0.264 e. The fourth-order valence-corrected chi connectivity index (χ4v) is 5.87. The Labute approximate surface area is 213 Å². The molecule has 0 saturated carbocycles. The van der Waals surface area contributed by atoms with E-state index in [1.165, 1.54) is 47.0 Å². The molecule has 0 spiro atoms. The minimum Gasteiger partial charge on any atom is -0.278 e. The number of thiazole rings is 1. The van der Waals surface area contributed by atoms with Crippen molar-refractivity contribution in [1.29, 1.82) is 0 Å². The Morgan fingerprint density at radius 1 is 0.861 bits per heavy atom. The second-order valence-corrected chi connectivity index (χ2v) is 11.0. The molecule has 0 aliphatic carbocycles. The van der Waals surface area contributed by atoms with Crippen molar-refractivity contribution in [3.8, 4) is 0 Å². The molecule has 2 aromatic heterocycles. The monoisotopic (exact) mass is 514 g/mol. The van der Waals surface area contributed by atoms with Crippen molar-refractivity contribution in [2.24, 2.45) is 0 Å². The van der Waals surface area contributed by atoms with Crippen molar-refractivity contribution < 1.29 is 13.2 Å². The SMILES string of the molecule is CN(c1ccccc1)S(=O)(=O)c1ccc(C(=O)N(Cc2ccccn2)c2nc3ccccc3s2)cc1. The van der Waals surface area contributed by atoms with Crippen LogP contribution in [0.25, 0.3) is 10.2 Å². The Bertz CT molecular complexity index is 1570. The third-order valence-electron chi connectivity index (χ3n) is 5.68. The standard InChI is InChI=1S/C27H22N4O3S2/c1-30(22-10-3-2-4-11-22)36(33,34)23-16-14-20(15-17-23)26(32)31(19-21-9-7-8-18-28-21)27-29-24-12-5-6-13-25(24)35-27/h2-18H,19H2,1H3. The molecule has 0 saturated heterocycles. The molecule has 0 bridgehead atoms. The Morgan fingerprint density at radius 2 is 1.56 bits per heavy atom. The van der Waals surface area contributed by atoms with Crippen LogP contribution in [0.2, 0.25) is 0 Å². The molecule has 0 atom stereocenters. The quantitative estimate of drug-likeness (QED) is 0.292. The van der Waals surface area contributed by atoms with Gasteiger partial charge in [0.2, 0.25) is 0 Å². The largest absolute Gasteiger partial charge is 0.278 e. The van der Waals surface area contributed by atoms with Gasteiger partial charge in [-0.1, -0.05) is 47.7 Å². The van der Waals surface area contributed by atoms with E-state index in [4.69, 9.17) is 0 Å². The summed E-state index contributed by atoms with van der Waals surface area (Å²) in [7, 11) is -2.28. The fraction of sp³-hybridized carbons (Fsp3) is 0.0741. The fourth-order valence-electron chi connectivity index (χ4n) is 3.72. The van der Waals surface area contributed by atoms with Gasteiger partial charge in [-0.05, 0) is 60.7 Å². The molecule has 5 aromatic rings. The first-order valence-corrected chi connectivity index (χ1v) is 13.4. The van der Waals surface area contributed by atoms with Gasteiger partial charge >= 0.3 is 0 Å². The zero-order valence-electron chi connectivity index (χ0n) is 19.4. The number of sulfonamides is 1.